The van der Waals surface area contributed by atoms with Crippen molar-refractivity contribution in [2.75, 3.05) is 26.6 Å². The number of carbonyl (C=O) groups excluding carboxylic acids is 1. The predicted molar refractivity (Wildman–Crippen MR) is 123 cm³/mol. The van der Waals surface area contributed by atoms with Crippen LogP contribution in [0.1, 0.15) is 34.3 Å². The summed E-state index contributed by atoms with van der Waals surface area (Å²) in [5, 5.41) is 2.98. The van der Waals surface area contributed by atoms with E-state index in [2.05, 4.69) is 5.32 Å². The van der Waals surface area contributed by atoms with Gasteiger partial charge in [-0.05, 0) is 60.7 Å². The van der Waals surface area contributed by atoms with Crippen LogP contribution in [-0.4, -0.2) is 32.5 Å². The number of carbonyl (C=O) groups is 1. The van der Waals surface area contributed by atoms with Crippen LogP contribution >= 0.6 is 0 Å². The number of amides is 1. The molecule has 2 heterocycles. The molecule has 1 fully saturated rings. The third-order valence-corrected chi connectivity index (χ3v) is 6.62. The van der Waals surface area contributed by atoms with Gasteiger partial charge in [-0.3, -0.25) is 4.79 Å². The van der Waals surface area contributed by atoms with Crippen molar-refractivity contribution in [3.05, 3.63) is 83.2 Å². The molecule has 0 aromatic heterocycles. The Morgan fingerprint density at radius 3 is 2.42 bits per heavy atom. The van der Waals surface area contributed by atoms with E-state index in [4.69, 9.17) is 14.2 Å². The van der Waals surface area contributed by atoms with E-state index in [0.717, 1.165) is 40.8 Å². The fourth-order valence-electron chi connectivity index (χ4n) is 4.53. The van der Waals surface area contributed by atoms with E-state index >= 15 is 0 Å². The molecule has 3 aromatic carbocycles. The van der Waals surface area contributed by atoms with Crippen LogP contribution in [0.5, 0.6) is 11.5 Å². The molecule has 1 amide bonds. The molecule has 5 rings (SSSR count). The summed E-state index contributed by atoms with van der Waals surface area (Å²) in [4.78, 5) is 12.9. The summed E-state index contributed by atoms with van der Waals surface area (Å²) in [7, 11) is 0. The summed E-state index contributed by atoms with van der Waals surface area (Å²) >= 11 is 0. The Morgan fingerprint density at radius 1 is 0.939 bits per heavy atom. The minimum absolute atomic E-state index is 0.0405. The van der Waals surface area contributed by atoms with E-state index in [9.17, 15) is 9.18 Å². The minimum Gasteiger partial charge on any atom is -0.454 e. The Hall–Kier alpha value is -3.38. The Labute approximate surface area is 192 Å². The van der Waals surface area contributed by atoms with Gasteiger partial charge in [0.15, 0.2) is 11.5 Å². The summed E-state index contributed by atoms with van der Waals surface area (Å²) < 4.78 is 31.5. The summed E-state index contributed by atoms with van der Waals surface area (Å²) in [6.45, 7) is 3.80. The SMILES string of the molecule is Cc1ccc(-c2ccc(C(=O)NCC3(c4ccc5c(c4)OCO5)CCOCC3)c(F)c2)cc1. The molecule has 0 saturated carbocycles. The Kier molecular flexibility index (Phi) is 5.77. The molecule has 0 atom stereocenters. The molecule has 33 heavy (non-hydrogen) atoms. The smallest absolute Gasteiger partial charge is 0.254 e. The zero-order valence-electron chi connectivity index (χ0n) is 18.5. The van der Waals surface area contributed by atoms with Crippen LogP contribution < -0.4 is 14.8 Å². The van der Waals surface area contributed by atoms with Crippen molar-refractivity contribution in [2.24, 2.45) is 0 Å². The number of aryl methyl sites for hydroxylation is 1. The predicted octanol–water partition coefficient (Wildman–Crippen LogP) is 5.01. The lowest BCUT2D eigenvalue weighted by molar-refractivity contribution is 0.0486. The van der Waals surface area contributed by atoms with Gasteiger partial charge in [-0.1, -0.05) is 42.0 Å². The second-order valence-corrected chi connectivity index (χ2v) is 8.70. The molecule has 170 valence electrons. The molecule has 2 aliphatic rings. The lowest BCUT2D eigenvalue weighted by Gasteiger charge is -2.38. The summed E-state index contributed by atoms with van der Waals surface area (Å²) in [6, 6.07) is 18.5. The van der Waals surface area contributed by atoms with E-state index < -0.39 is 11.7 Å². The van der Waals surface area contributed by atoms with Gasteiger partial charge >= 0.3 is 0 Å². The molecule has 2 aliphatic heterocycles. The lowest BCUT2D eigenvalue weighted by atomic mass is 9.74. The van der Waals surface area contributed by atoms with Gasteiger partial charge in [-0.15, -0.1) is 0 Å². The standard InChI is InChI=1S/C27H26FNO4/c1-18-2-4-19(5-3-18)20-6-8-22(23(28)14-20)26(30)29-16-27(10-12-31-13-11-27)21-7-9-24-25(15-21)33-17-32-24/h2-9,14-15H,10-13,16-17H2,1H3,(H,29,30). The van der Waals surface area contributed by atoms with Gasteiger partial charge in [-0.25, -0.2) is 4.39 Å². The second kappa shape index (κ2) is 8.87. The Morgan fingerprint density at radius 2 is 1.67 bits per heavy atom. The molecule has 0 bridgehead atoms. The van der Waals surface area contributed by atoms with E-state index in [0.29, 0.717) is 25.5 Å². The number of hydrogen-bond acceptors (Lipinski definition) is 4. The molecule has 6 heteroatoms. The first-order valence-corrected chi connectivity index (χ1v) is 11.2. The number of ether oxygens (including phenoxy) is 3. The zero-order valence-corrected chi connectivity index (χ0v) is 18.5. The van der Waals surface area contributed by atoms with Gasteiger partial charge in [-0.2, -0.15) is 0 Å². The van der Waals surface area contributed by atoms with Gasteiger partial charge < -0.3 is 19.5 Å². The average Bonchev–Trinajstić information content (AvgIpc) is 3.32. The van der Waals surface area contributed by atoms with E-state index in [1.54, 1.807) is 12.1 Å². The second-order valence-electron chi connectivity index (χ2n) is 8.70. The van der Waals surface area contributed by atoms with Crippen LogP contribution in [0.3, 0.4) is 0 Å². The third-order valence-electron chi connectivity index (χ3n) is 6.62. The quantitative estimate of drug-likeness (QED) is 0.598. The molecule has 1 saturated heterocycles. The zero-order chi connectivity index (χ0) is 22.8. The van der Waals surface area contributed by atoms with Gasteiger partial charge in [0.2, 0.25) is 6.79 Å². The van der Waals surface area contributed by atoms with Crippen molar-refractivity contribution in [1.82, 2.24) is 5.32 Å². The molecule has 1 N–H and O–H groups in total. The highest BCUT2D eigenvalue weighted by atomic mass is 19.1. The lowest BCUT2D eigenvalue weighted by Crippen LogP contribution is -2.44. The molecule has 5 nitrogen and oxygen atoms in total. The largest absolute Gasteiger partial charge is 0.454 e. The first kappa shape index (κ1) is 21.5. The van der Waals surface area contributed by atoms with Crippen molar-refractivity contribution in [3.63, 3.8) is 0 Å². The number of hydrogen-bond donors (Lipinski definition) is 1. The Bertz CT molecular complexity index is 1170. The van der Waals surface area contributed by atoms with Crippen molar-refractivity contribution in [3.8, 4) is 22.6 Å². The first-order valence-electron chi connectivity index (χ1n) is 11.2. The molecule has 0 spiro atoms. The van der Waals surface area contributed by atoms with Crippen LogP contribution in [0.4, 0.5) is 4.39 Å². The minimum atomic E-state index is -0.533. The third kappa shape index (κ3) is 4.31. The van der Waals surface area contributed by atoms with Crippen LogP contribution in [0.15, 0.2) is 60.7 Å². The molecule has 0 unspecified atom stereocenters. The average molecular weight is 448 g/mol. The van der Waals surface area contributed by atoms with Crippen LogP contribution in [0.25, 0.3) is 11.1 Å². The van der Waals surface area contributed by atoms with E-state index in [1.807, 2.05) is 49.4 Å². The van der Waals surface area contributed by atoms with Crippen molar-refractivity contribution < 1.29 is 23.4 Å². The van der Waals surface area contributed by atoms with Gasteiger partial charge in [0.1, 0.15) is 5.82 Å². The highest BCUT2D eigenvalue weighted by molar-refractivity contribution is 5.95. The van der Waals surface area contributed by atoms with Crippen molar-refractivity contribution >= 4 is 5.91 Å². The van der Waals surface area contributed by atoms with Crippen LogP contribution in [0.2, 0.25) is 0 Å². The van der Waals surface area contributed by atoms with Crippen molar-refractivity contribution in [1.29, 1.82) is 0 Å². The van der Waals surface area contributed by atoms with Gasteiger partial charge in [0, 0.05) is 25.2 Å². The van der Waals surface area contributed by atoms with Gasteiger partial charge in [0.25, 0.3) is 5.91 Å². The molecular weight excluding hydrogens is 421 g/mol. The number of benzene rings is 3. The summed E-state index contributed by atoms with van der Waals surface area (Å²) in [5.41, 5.74) is 3.58. The molecule has 0 radical (unpaired) electrons. The maximum atomic E-state index is 14.9. The molecule has 0 aliphatic carbocycles. The van der Waals surface area contributed by atoms with Crippen LogP contribution in [0, 0.1) is 12.7 Å². The summed E-state index contributed by atoms with van der Waals surface area (Å²) in [6.07, 6.45) is 1.50. The number of fused-ring (bicyclic) bond motifs is 1. The fourth-order valence-corrected chi connectivity index (χ4v) is 4.53. The van der Waals surface area contributed by atoms with E-state index in [1.165, 1.54) is 6.07 Å². The summed E-state index contributed by atoms with van der Waals surface area (Å²) in [5.74, 6) is 0.479. The normalized spacial score (nSPS) is 16.4. The Balaban J connectivity index is 1.34. The van der Waals surface area contributed by atoms with Crippen molar-refractivity contribution in [2.45, 2.75) is 25.2 Å². The van der Waals surface area contributed by atoms with Gasteiger partial charge in [0.05, 0.1) is 5.56 Å². The number of halogens is 1. The molecule has 3 aromatic rings. The first-order chi connectivity index (χ1) is 16.0. The number of rotatable bonds is 5. The van der Waals surface area contributed by atoms with Crippen LogP contribution in [-0.2, 0) is 10.2 Å². The van der Waals surface area contributed by atoms with E-state index in [-0.39, 0.29) is 17.8 Å². The maximum absolute atomic E-state index is 14.9. The highest BCUT2D eigenvalue weighted by Gasteiger charge is 2.36. The highest BCUT2D eigenvalue weighted by Crippen LogP contribution is 2.40. The fraction of sp³-hybridized carbons (Fsp3) is 0.296. The monoisotopic (exact) mass is 447 g/mol. The number of nitrogens with one attached hydrogen (secondary N) is 1. The maximum Gasteiger partial charge on any atom is 0.254 e. The molecular formula is C27H26FNO4. The topological polar surface area (TPSA) is 56.8 Å².